The SMILES string of the molecule is C=C(C)CN1CCC(NC(=NC)NCc2cc(C#N)ccc2F)CC1.I. The third-order valence-corrected chi connectivity index (χ3v) is 4.27. The van der Waals surface area contributed by atoms with Gasteiger partial charge in [0.2, 0.25) is 0 Å². The van der Waals surface area contributed by atoms with Crippen molar-refractivity contribution in [1.29, 1.82) is 5.26 Å². The van der Waals surface area contributed by atoms with Crippen LogP contribution in [0, 0.1) is 17.1 Å². The Kier molecular flexibility index (Phi) is 9.59. The minimum atomic E-state index is -0.324. The lowest BCUT2D eigenvalue weighted by molar-refractivity contribution is 0.221. The molecular formula is C19H27FIN5. The topological polar surface area (TPSA) is 63.4 Å². The number of piperidine rings is 1. The zero-order valence-corrected chi connectivity index (χ0v) is 17.7. The van der Waals surface area contributed by atoms with Crippen LogP contribution in [0.3, 0.4) is 0 Å². The minimum absolute atomic E-state index is 0. The Hall–Kier alpha value is -1.66. The molecular weight excluding hydrogens is 444 g/mol. The summed E-state index contributed by atoms with van der Waals surface area (Å²) in [7, 11) is 1.70. The second-order valence-electron chi connectivity index (χ2n) is 6.50. The molecule has 1 heterocycles. The van der Waals surface area contributed by atoms with Crippen LogP contribution >= 0.6 is 24.0 Å². The first kappa shape index (κ1) is 22.4. The van der Waals surface area contributed by atoms with Crippen LogP contribution in [-0.4, -0.2) is 43.6 Å². The van der Waals surface area contributed by atoms with Gasteiger partial charge in [0.1, 0.15) is 5.82 Å². The zero-order chi connectivity index (χ0) is 18.2. The second kappa shape index (κ2) is 11.1. The van der Waals surface area contributed by atoms with Gasteiger partial charge in [-0.25, -0.2) is 4.39 Å². The van der Waals surface area contributed by atoms with E-state index in [1.165, 1.54) is 17.7 Å². The van der Waals surface area contributed by atoms with Crippen LogP contribution in [0.1, 0.15) is 30.9 Å². The highest BCUT2D eigenvalue weighted by Gasteiger charge is 2.19. The first-order valence-electron chi connectivity index (χ1n) is 8.54. The molecule has 1 aromatic rings. The van der Waals surface area contributed by atoms with E-state index in [9.17, 15) is 4.39 Å². The predicted molar refractivity (Wildman–Crippen MR) is 114 cm³/mol. The van der Waals surface area contributed by atoms with Gasteiger partial charge in [-0.15, -0.1) is 24.0 Å². The maximum atomic E-state index is 13.8. The molecule has 0 bridgehead atoms. The normalized spacial score (nSPS) is 15.7. The van der Waals surface area contributed by atoms with Crippen molar-refractivity contribution in [2.24, 2.45) is 4.99 Å². The zero-order valence-electron chi connectivity index (χ0n) is 15.4. The molecule has 7 heteroatoms. The van der Waals surface area contributed by atoms with Crippen molar-refractivity contribution in [1.82, 2.24) is 15.5 Å². The Labute approximate surface area is 172 Å². The number of nitrogens with zero attached hydrogens (tertiary/aromatic N) is 3. The predicted octanol–water partition coefficient (Wildman–Crippen LogP) is 3.02. The lowest BCUT2D eigenvalue weighted by Gasteiger charge is -2.33. The summed E-state index contributed by atoms with van der Waals surface area (Å²) in [6.45, 7) is 9.31. The Bertz CT molecular complexity index is 675. The molecule has 1 aliphatic heterocycles. The van der Waals surface area contributed by atoms with E-state index in [-0.39, 0.29) is 36.3 Å². The highest BCUT2D eigenvalue weighted by molar-refractivity contribution is 14.0. The van der Waals surface area contributed by atoms with Crippen molar-refractivity contribution in [2.75, 3.05) is 26.7 Å². The molecule has 2 N–H and O–H groups in total. The number of nitriles is 1. The molecule has 0 spiro atoms. The van der Waals surface area contributed by atoms with Crippen molar-refractivity contribution in [3.63, 3.8) is 0 Å². The largest absolute Gasteiger partial charge is 0.354 e. The maximum absolute atomic E-state index is 13.8. The van der Waals surface area contributed by atoms with Crippen molar-refractivity contribution in [2.45, 2.75) is 32.4 Å². The van der Waals surface area contributed by atoms with Gasteiger partial charge in [-0.3, -0.25) is 9.89 Å². The van der Waals surface area contributed by atoms with Crippen LogP contribution in [-0.2, 0) is 6.54 Å². The van der Waals surface area contributed by atoms with Crippen molar-refractivity contribution in [3.8, 4) is 6.07 Å². The first-order valence-corrected chi connectivity index (χ1v) is 8.54. The number of guanidine groups is 1. The molecule has 2 rings (SSSR count). The van der Waals surface area contributed by atoms with Crippen LogP contribution in [0.25, 0.3) is 0 Å². The molecule has 26 heavy (non-hydrogen) atoms. The summed E-state index contributed by atoms with van der Waals surface area (Å²) >= 11 is 0. The average molecular weight is 471 g/mol. The number of aliphatic imine (C=N–C) groups is 1. The minimum Gasteiger partial charge on any atom is -0.354 e. The second-order valence-corrected chi connectivity index (χ2v) is 6.50. The van der Waals surface area contributed by atoms with E-state index in [1.807, 2.05) is 6.07 Å². The molecule has 0 radical (unpaired) electrons. The molecule has 142 valence electrons. The van der Waals surface area contributed by atoms with Gasteiger partial charge in [-0.2, -0.15) is 5.26 Å². The third-order valence-electron chi connectivity index (χ3n) is 4.27. The first-order chi connectivity index (χ1) is 12.0. The monoisotopic (exact) mass is 471 g/mol. The molecule has 0 saturated carbocycles. The number of nitrogens with one attached hydrogen (secondary N) is 2. The molecule has 1 aromatic carbocycles. The van der Waals surface area contributed by atoms with Crippen LogP contribution in [0.5, 0.6) is 0 Å². The fourth-order valence-electron chi connectivity index (χ4n) is 2.96. The highest BCUT2D eigenvalue weighted by Crippen LogP contribution is 2.12. The summed E-state index contributed by atoms with van der Waals surface area (Å²) in [5.41, 5.74) is 2.09. The summed E-state index contributed by atoms with van der Waals surface area (Å²) in [6, 6.07) is 6.74. The van der Waals surface area contributed by atoms with E-state index in [1.54, 1.807) is 13.1 Å². The molecule has 1 saturated heterocycles. The molecule has 0 atom stereocenters. The van der Waals surface area contributed by atoms with Crippen LogP contribution in [0.15, 0.2) is 35.3 Å². The van der Waals surface area contributed by atoms with Gasteiger partial charge >= 0.3 is 0 Å². The van der Waals surface area contributed by atoms with E-state index >= 15 is 0 Å². The van der Waals surface area contributed by atoms with Crippen LogP contribution in [0.2, 0.25) is 0 Å². The van der Waals surface area contributed by atoms with E-state index in [0.717, 1.165) is 32.5 Å². The van der Waals surface area contributed by atoms with Crippen LogP contribution in [0.4, 0.5) is 4.39 Å². The number of halogens is 2. The fourth-order valence-corrected chi connectivity index (χ4v) is 2.96. The maximum Gasteiger partial charge on any atom is 0.191 e. The Morgan fingerprint density at radius 1 is 1.42 bits per heavy atom. The van der Waals surface area contributed by atoms with Gasteiger partial charge in [0.05, 0.1) is 11.6 Å². The van der Waals surface area contributed by atoms with Crippen molar-refractivity contribution in [3.05, 3.63) is 47.3 Å². The molecule has 0 aliphatic carbocycles. The lowest BCUT2D eigenvalue weighted by Crippen LogP contribution is -2.48. The molecule has 0 amide bonds. The van der Waals surface area contributed by atoms with E-state index in [0.29, 0.717) is 23.1 Å². The van der Waals surface area contributed by atoms with Gasteiger partial charge < -0.3 is 10.6 Å². The van der Waals surface area contributed by atoms with Crippen molar-refractivity contribution < 1.29 is 4.39 Å². The molecule has 0 aromatic heterocycles. The standard InChI is InChI=1S/C19H26FN5.HI/c1-14(2)13-25-8-6-17(7-9-25)24-19(22-3)23-12-16-10-15(11-21)4-5-18(16)20;/h4-5,10,17H,1,6-9,12-13H2,2-3H3,(H2,22,23,24);1H. The van der Waals surface area contributed by atoms with Gasteiger partial charge in [-0.1, -0.05) is 12.2 Å². The summed E-state index contributed by atoms with van der Waals surface area (Å²) < 4.78 is 13.8. The third kappa shape index (κ3) is 6.92. The van der Waals surface area contributed by atoms with Gasteiger partial charge in [0, 0.05) is 44.8 Å². The number of hydrogen-bond acceptors (Lipinski definition) is 3. The Morgan fingerprint density at radius 3 is 2.69 bits per heavy atom. The van der Waals surface area contributed by atoms with E-state index in [4.69, 9.17) is 5.26 Å². The molecule has 0 unspecified atom stereocenters. The van der Waals surface area contributed by atoms with Crippen LogP contribution < -0.4 is 10.6 Å². The van der Waals surface area contributed by atoms with Gasteiger partial charge in [-0.05, 0) is 38.0 Å². The number of rotatable bonds is 5. The molecule has 1 aliphatic rings. The molecule has 1 fully saturated rings. The summed E-state index contributed by atoms with van der Waals surface area (Å²) in [5, 5.41) is 15.5. The molecule has 5 nitrogen and oxygen atoms in total. The van der Waals surface area contributed by atoms with E-state index in [2.05, 4.69) is 34.0 Å². The smallest absolute Gasteiger partial charge is 0.191 e. The summed E-state index contributed by atoms with van der Waals surface area (Å²) in [6.07, 6.45) is 2.07. The average Bonchev–Trinajstić information content (AvgIpc) is 2.60. The summed E-state index contributed by atoms with van der Waals surface area (Å²) in [5.74, 6) is 0.329. The van der Waals surface area contributed by atoms with Crippen molar-refractivity contribution >= 4 is 29.9 Å². The summed E-state index contributed by atoms with van der Waals surface area (Å²) in [4.78, 5) is 6.62. The number of benzene rings is 1. The fraction of sp³-hybridized carbons (Fsp3) is 0.474. The lowest BCUT2D eigenvalue weighted by atomic mass is 10.0. The number of hydrogen-bond donors (Lipinski definition) is 2. The Balaban J connectivity index is 0.00000338. The van der Waals surface area contributed by atoms with Gasteiger partial charge in [0.15, 0.2) is 5.96 Å². The van der Waals surface area contributed by atoms with Gasteiger partial charge in [0.25, 0.3) is 0 Å². The Morgan fingerprint density at radius 2 is 2.12 bits per heavy atom. The highest BCUT2D eigenvalue weighted by atomic mass is 127. The van der Waals surface area contributed by atoms with E-state index < -0.39 is 0 Å². The quantitative estimate of drug-likeness (QED) is 0.300. The number of likely N-dealkylation sites (tertiary alicyclic amines) is 1.